The second kappa shape index (κ2) is 3.79. The van der Waals surface area contributed by atoms with Gasteiger partial charge in [-0.1, -0.05) is 0 Å². The maximum Gasteiger partial charge on any atom is 0.431 e. The topological polar surface area (TPSA) is 32.9 Å². The van der Waals surface area contributed by atoms with Crippen LogP contribution in [0.1, 0.15) is 11.3 Å². The van der Waals surface area contributed by atoms with Crippen molar-refractivity contribution in [3.63, 3.8) is 0 Å². The number of rotatable bonds is 0. The van der Waals surface area contributed by atoms with Gasteiger partial charge in [0.05, 0.1) is 5.52 Å². The number of halogens is 5. The van der Waals surface area contributed by atoms with E-state index < -0.39 is 40.0 Å². The van der Waals surface area contributed by atoms with Crippen LogP contribution in [0.2, 0.25) is 0 Å². The van der Waals surface area contributed by atoms with E-state index >= 15 is 0 Å². The van der Waals surface area contributed by atoms with Crippen molar-refractivity contribution in [3.05, 3.63) is 45.2 Å². The minimum Gasteiger partial charge on any atom is -0.348 e. The van der Waals surface area contributed by atoms with Crippen molar-refractivity contribution in [3.8, 4) is 0 Å². The Bertz CT molecular complexity index is 686. The highest BCUT2D eigenvalue weighted by Gasteiger charge is 2.35. The number of alkyl halides is 3. The molecule has 18 heavy (non-hydrogen) atoms. The Hall–Kier alpha value is -1.92. The van der Waals surface area contributed by atoms with Crippen LogP contribution in [0.4, 0.5) is 22.0 Å². The molecule has 0 saturated heterocycles. The zero-order valence-electron chi connectivity index (χ0n) is 8.95. The molecule has 96 valence electrons. The lowest BCUT2D eigenvalue weighted by atomic mass is 10.1. The number of pyridine rings is 1. The summed E-state index contributed by atoms with van der Waals surface area (Å²) in [5.41, 5.74) is -3.71. The second-order valence-electron chi connectivity index (χ2n) is 3.74. The van der Waals surface area contributed by atoms with Gasteiger partial charge in [-0.15, -0.1) is 0 Å². The fourth-order valence-electron chi connectivity index (χ4n) is 1.68. The molecule has 1 aromatic heterocycles. The van der Waals surface area contributed by atoms with Gasteiger partial charge in [-0.05, 0) is 19.1 Å². The number of hydrogen-bond donors (Lipinski definition) is 1. The van der Waals surface area contributed by atoms with Gasteiger partial charge in [0.25, 0.3) is 0 Å². The monoisotopic (exact) mass is 263 g/mol. The Balaban J connectivity index is 2.99. The molecule has 0 spiro atoms. The molecule has 0 fully saturated rings. The van der Waals surface area contributed by atoms with Crippen LogP contribution in [0, 0.1) is 18.6 Å². The Morgan fingerprint density at radius 2 is 1.78 bits per heavy atom. The minimum atomic E-state index is -4.84. The van der Waals surface area contributed by atoms with Gasteiger partial charge in [-0.2, -0.15) is 13.2 Å². The van der Waals surface area contributed by atoms with E-state index in [1.165, 1.54) is 0 Å². The Morgan fingerprint density at radius 3 is 2.33 bits per heavy atom. The van der Waals surface area contributed by atoms with Crippen molar-refractivity contribution >= 4 is 10.9 Å². The number of H-pyrrole nitrogens is 1. The average Bonchev–Trinajstić information content (AvgIpc) is 2.26. The van der Waals surface area contributed by atoms with Crippen LogP contribution in [0.3, 0.4) is 0 Å². The molecule has 0 aliphatic carbocycles. The van der Waals surface area contributed by atoms with Gasteiger partial charge in [0, 0.05) is 10.9 Å². The summed E-state index contributed by atoms with van der Waals surface area (Å²) in [5.74, 6) is -2.83. The molecule has 2 rings (SSSR count). The van der Waals surface area contributed by atoms with Crippen LogP contribution < -0.4 is 5.43 Å². The van der Waals surface area contributed by atoms with Gasteiger partial charge >= 0.3 is 6.18 Å². The second-order valence-corrected chi connectivity index (χ2v) is 3.74. The van der Waals surface area contributed by atoms with Gasteiger partial charge < -0.3 is 4.98 Å². The number of aromatic amines is 1. The van der Waals surface area contributed by atoms with E-state index in [9.17, 15) is 26.7 Å². The zero-order chi connectivity index (χ0) is 13.7. The van der Waals surface area contributed by atoms with E-state index in [0.717, 1.165) is 13.0 Å². The molecule has 0 bridgehead atoms. The zero-order valence-corrected chi connectivity index (χ0v) is 8.95. The lowest BCUT2D eigenvalue weighted by Crippen LogP contribution is -2.19. The Morgan fingerprint density at radius 1 is 1.17 bits per heavy atom. The van der Waals surface area contributed by atoms with Crippen molar-refractivity contribution < 1.29 is 22.0 Å². The highest BCUT2D eigenvalue weighted by Crippen LogP contribution is 2.30. The molecule has 2 aromatic rings. The summed E-state index contributed by atoms with van der Waals surface area (Å²) in [6.45, 7) is 0.975. The van der Waals surface area contributed by atoms with Gasteiger partial charge in [0.1, 0.15) is 5.69 Å². The predicted molar refractivity (Wildman–Crippen MR) is 54.2 cm³/mol. The van der Waals surface area contributed by atoms with E-state index in [2.05, 4.69) is 0 Å². The molecule has 0 aliphatic rings. The van der Waals surface area contributed by atoms with Gasteiger partial charge in [0.2, 0.25) is 0 Å². The molecule has 1 heterocycles. The van der Waals surface area contributed by atoms with Crippen molar-refractivity contribution in [2.24, 2.45) is 0 Å². The molecular formula is C11H6F5NO. The Kier molecular flexibility index (Phi) is 2.64. The summed E-state index contributed by atoms with van der Waals surface area (Å²) in [4.78, 5) is 13.4. The van der Waals surface area contributed by atoms with Crippen molar-refractivity contribution in [2.45, 2.75) is 13.1 Å². The molecule has 0 amide bonds. The molecule has 1 N–H and O–H groups in total. The molecule has 0 radical (unpaired) electrons. The molecule has 0 atom stereocenters. The standard InChI is InChI=1S/C11H6F5NO/c1-4-9(18)5-2-3-6(12)7(13)8(5)17-10(4)11(14,15)16/h2-3H,1H3,(H,17,18). The number of aromatic nitrogens is 1. The average molecular weight is 263 g/mol. The molecular weight excluding hydrogens is 257 g/mol. The fourth-order valence-corrected chi connectivity index (χ4v) is 1.68. The minimum absolute atomic E-state index is 0.320. The SMILES string of the molecule is Cc1c(C(F)(F)F)[nH]c2c(F)c(F)ccc2c1=O. The van der Waals surface area contributed by atoms with Crippen molar-refractivity contribution in [2.75, 3.05) is 0 Å². The van der Waals surface area contributed by atoms with E-state index in [1.807, 2.05) is 0 Å². The van der Waals surface area contributed by atoms with Crippen LogP contribution >= 0.6 is 0 Å². The third-order valence-corrected chi connectivity index (χ3v) is 2.59. The van der Waals surface area contributed by atoms with Crippen LogP contribution in [-0.4, -0.2) is 4.98 Å². The predicted octanol–water partition coefficient (Wildman–Crippen LogP) is 3.13. The first-order chi connectivity index (χ1) is 8.23. The van der Waals surface area contributed by atoms with Crippen LogP contribution in [0.25, 0.3) is 10.9 Å². The van der Waals surface area contributed by atoms with Gasteiger partial charge in [0.15, 0.2) is 17.1 Å². The normalized spacial score (nSPS) is 12.1. The smallest absolute Gasteiger partial charge is 0.348 e. The summed E-state index contributed by atoms with van der Waals surface area (Å²) < 4.78 is 64.1. The quantitative estimate of drug-likeness (QED) is 0.728. The van der Waals surface area contributed by atoms with Crippen LogP contribution in [-0.2, 0) is 6.18 Å². The summed E-state index contributed by atoms with van der Waals surface area (Å²) >= 11 is 0. The molecule has 0 aliphatic heterocycles. The maximum atomic E-state index is 13.4. The molecule has 7 heteroatoms. The molecule has 1 aromatic carbocycles. The van der Waals surface area contributed by atoms with Gasteiger partial charge in [-0.25, -0.2) is 8.78 Å². The Labute approximate surface area is 97.1 Å². The summed E-state index contributed by atoms with van der Waals surface area (Å²) in [6.07, 6.45) is -4.84. The largest absolute Gasteiger partial charge is 0.431 e. The molecule has 0 saturated carbocycles. The third-order valence-electron chi connectivity index (χ3n) is 2.59. The first kappa shape index (κ1) is 12.5. The lowest BCUT2D eigenvalue weighted by Gasteiger charge is -2.11. The van der Waals surface area contributed by atoms with Crippen molar-refractivity contribution in [1.82, 2.24) is 4.98 Å². The molecule has 0 unspecified atom stereocenters. The van der Waals surface area contributed by atoms with Crippen LogP contribution in [0.15, 0.2) is 16.9 Å². The highest BCUT2D eigenvalue weighted by atomic mass is 19.4. The first-order valence-corrected chi connectivity index (χ1v) is 4.81. The first-order valence-electron chi connectivity index (χ1n) is 4.81. The van der Waals surface area contributed by atoms with E-state index in [4.69, 9.17) is 0 Å². The van der Waals surface area contributed by atoms with E-state index in [-0.39, 0.29) is 5.39 Å². The maximum absolute atomic E-state index is 13.4. The summed E-state index contributed by atoms with van der Waals surface area (Å²) in [6, 6.07) is 1.64. The number of fused-ring (bicyclic) bond motifs is 1. The third kappa shape index (κ3) is 1.75. The lowest BCUT2D eigenvalue weighted by molar-refractivity contribution is -0.141. The summed E-state index contributed by atoms with van der Waals surface area (Å²) in [5, 5.41) is -0.320. The number of benzene rings is 1. The number of nitrogens with one attached hydrogen (secondary N) is 1. The highest BCUT2D eigenvalue weighted by molar-refractivity contribution is 5.80. The molecule has 2 nitrogen and oxygen atoms in total. The van der Waals surface area contributed by atoms with Gasteiger partial charge in [-0.3, -0.25) is 4.79 Å². The number of hydrogen-bond acceptors (Lipinski definition) is 1. The fraction of sp³-hybridized carbons (Fsp3) is 0.182. The van der Waals surface area contributed by atoms with E-state index in [0.29, 0.717) is 6.07 Å². The van der Waals surface area contributed by atoms with Crippen LogP contribution in [0.5, 0.6) is 0 Å². The summed E-state index contributed by atoms with van der Waals surface area (Å²) in [7, 11) is 0. The van der Waals surface area contributed by atoms with Crippen molar-refractivity contribution in [1.29, 1.82) is 0 Å². The van der Waals surface area contributed by atoms with E-state index in [1.54, 1.807) is 4.98 Å².